The van der Waals surface area contributed by atoms with Crippen LogP contribution in [-0.4, -0.2) is 115 Å². The zero-order valence-corrected chi connectivity index (χ0v) is 21.4. The summed E-state index contributed by atoms with van der Waals surface area (Å²) in [4.78, 5) is 4.63. The Balaban J connectivity index is 1.77. The summed E-state index contributed by atoms with van der Waals surface area (Å²) in [5.41, 5.74) is 1.27. The molecule has 1 saturated heterocycles. The van der Waals surface area contributed by atoms with Crippen molar-refractivity contribution in [2.75, 3.05) is 105 Å². The quantitative estimate of drug-likeness (QED) is 0.561. The maximum Gasteiger partial charge on any atom is 0.161 e. The van der Waals surface area contributed by atoms with E-state index in [1.165, 1.54) is 5.56 Å². The van der Waals surface area contributed by atoms with Crippen LogP contribution >= 0.6 is 0 Å². The molecule has 0 unspecified atom stereocenters. The highest BCUT2D eigenvalue weighted by Crippen LogP contribution is 2.33. The van der Waals surface area contributed by atoms with Crippen LogP contribution in [0.25, 0.3) is 0 Å². The second kappa shape index (κ2) is 14.9. The van der Waals surface area contributed by atoms with Gasteiger partial charge in [0.05, 0.1) is 52.9 Å². The van der Waals surface area contributed by atoms with Crippen LogP contribution in [0.4, 0.5) is 0 Å². The Morgan fingerprint density at radius 3 is 1.38 bits per heavy atom. The van der Waals surface area contributed by atoms with Crippen LogP contribution in [0.15, 0.2) is 18.2 Å². The van der Waals surface area contributed by atoms with Crippen LogP contribution in [0.5, 0.6) is 11.5 Å². The lowest BCUT2D eigenvalue weighted by atomic mass is 9.87. The van der Waals surface area contributed by atoms with Crippen LogP contribution in [-0.2, 0) is 24.4 Å². The number of fused-ring (bicyclic) bond motifs is 18. The maximum atomic E-state index is 6.29. The fourth-order valence-electron chi connectivity index (χ4n) is 3.87. The topological polar surface area (TPSA) is 61.9 Å². The molecule has 3 aliphatic rings. The van der Waals surface area contributed by atoms with E-state index in [1.54, 1.807) is 0 Å². The summed E-state index contributed by atoms with van der Waals surface area (Å²) in [6.45, 7) is 17.7. The fourth-order valence-corrected chi connectivity index (χ4v) is 3.87. The minimum Gasteiger partial charge on any atom is -0.488 e. The monoisotopic (exact) mass is 480 g/mol. The molecular weight excluding hydrogens is 436 g/mol. The molecule has 0 aromatic heterocycles. The molecule has 4 rings (SSSR count). The first-order valence-corrected chi connectivity index (χ1v) is 12.7. The van der Waals surface area contributed by atoms with Gasteiger partial charge in [-0.25, -0.2) is 0 Å². The number of hydrogen-bond donors (Lipinski definition) is 0. The third-order valence-electron chi connectivity index (χ3n) is 6.09. The molecule has 1 fully saturated rings. The molecule has 34 heavy (non-hydrogen) atoms. The maximum absolute atomic E-state index is 6.29. The number of hydrogen-bond acceptors (Lipinski definition) is 8. The van der Waals surface area contributed by atoms with E-state index in [1.807, 2.05) is 6.07 Å². The lowest BCUT2D eigenvalue weighted by Gasteiger charge is -2.26. The molecule has 0 amide bonds. The number of ether oxygens (including phenoxy) is 6. The van der Waals surface area contributed by atoms with Crippen LogP contribution < -0.4 is 9.47 Å². The van der Waals surface area contributed by atoms with Gasteiger partial charge in [-0.2, -0.15) is 0 Å². The van der Waals surface area contributed by atoms with Crippen molar-refractivity contribution in [3.8, 4) is 11.5 Å². The fraction of sp³-hybridized carbons (Fsp3) is 0.769. The van der Waals surface area contributed by atoms with Gasteiger partial charge in [0, 0.05) is 39.3 Å². The average Bonchev–Trinajstić information content (AvgIpc) is 2.80. The highest BCUT2D eigenvalue weighted by Gasteiger charge is 2.18. The Labute approximate surface area is 205 Å². The number of benzene rings is 1. The molecule has 1 aromatic rings. The standard InChI is InChI=1S/C26H44N2O6/c1-26(2,3)23-4-5-24-25(22-23)34-17-11-28-8-14-31-20-18-29-12-6-27(10-16-33-24)7-13-30-19-21-32-15-9-28/h4-5,22H,6-21H2,1-3H3. The molecule has 0 spiro atoms. The third-order valence-corrected chi connectivity index (χ3v) is 6.09. The van der Waals surface area contributed by atoms with Gasteiger partial charge in [0.2, 0.25) is 0 Å². The second-order valence-electron chi connectivity index (χ2n) is 9.74. The minimum atomic E-state index is 0.0374. The molecule has 0 aliphatic carbocycles. The average molecular weight is 481 g/mol. The normalized spacial score (nSPS) is 25.4. The van der Waals surface area contributed by atoms with Crippen molar-refractivity contribution < 1.29 is 28.4 Å². The first-order chi connectivity index (χ1) is 16.5. The van der Waals surface area contributed by atoms with Crippen molar-refractivity contribution in [2.24, 2.45) is 0 Å². The molecular formula is C26H44N2O6. The van der Waals surface area contributed by atoms with Crippen LogP contribution in [0.1, 0.15) is 26.3 Å². The summed E-state index contributed by atoms with van der Waals surface area (Å²) < 4.78 is 35.7. The SMILES string of the molecule is CC(C)(C)c1ccc2c(c1)OCCN1CCOCCOCCN(CCOCCOCC1)CCO2. The Bertz CT molecular complexity index is 676. The smallest absolute Gasteiger partial charge is 0.161 e. The first kappa shape index (κ1) is 27.2. The molecule has 1 aromatic carbocycles. The van der Waals surface area contributed by atoms with Crippen molar-refractivity contribution in [3.63, 3.8) is 0 Å². The summed E-state index contributed by atoms with van der Waals surface area (Å²) in [5.74, 6) is 1.60. The minimum absolute atomic E-state index is 0.0374. The predicted octanol–water partition coefficient (Wildman–Crippen LogP) is 2.44. The van der Waals surface area contributed by atoms with Gasteiger partial charge in [-0.1, -0.05) is 26.8 Å². The van der Waals surface area contributed by atoms with E-state index in [-0.39, 0.29) is 5.41 Å². The molecule has 3 heterocycles. The summed E-state index contributed by atoms with van der Waals surface area (Å²) in [5, 5.41) is 0. The van der Waals surface area contributed by atoms with Gasteiger partial charge >= 0.3 is 0 Å². The van der Waals surface area contributed by atoms with E-state index in [4.69, 9.17) is 28.4 Å². The Kier molecular flexibility index (Phi) is 11.9. The first-order valence-electron chi connectivity index (χ1n) is 12.7. The van der Waals surface area contributed by atoms with Crippen molar-refractivity contribution in [3.05, 3.63) is 23.8 Å². The van der Waals surface area contributed by atoms with E-state index in [0.29, 0.717) is 66.1 Å². The Morgan fingerprint density at radius 2 is 0.941 bits per heavy atom. The van der Waals surface area contributed by atoms with Crippen molar-refractivity contribution in [1.82, 2.24) is 9.80 Å². The van der Waals surface area contributed by atoms with E-state index < -0.39 is 0 Å². The summed E-state index contributed by atoms with van der Waals surface area (Å²) >= 11 is 0. The van der Waals surface area contributed by atoms with Gasteiger partial charge in [0.1, 0.15) is 13.2 Å². The molecule has 0 saturated carbocycles. The zero-order valence-electron chi connectivity index (χ0n) is 21.4. The predicted molar refractivity (Wildman–Crippen MR) is 132 cm³/mol. The lowest BCUT2D eigenvalue weighted by molar-refractivity contribution is 0.00505. The van der Waals surface area contributed by atoms with Crippen LogP contribution in [0, 0.1) is 0 Å². The van der Waals surface area contributed by atoms with Gasteiger partial charge in [-0.05, 0) is 23.1 Å². The molecule has 8 nitrogen and oxygen atoms in total. The summed E-state index contributed by atoms with van der Waals surface area (Å²) in [6, 6.07) is 6.31. The van der Waals surface area contributed by atoms with E-state index in [0.717, 1.165) is 50.8 Å². The second-order valence-corrected chi connectivity index (χ2v) is 9.74. The van der Waals surface area contributed by atoms with Crippen LogP contribution in [0.2, 0.25) is 0 Å². The molecule has 8 heteroatoms. The molecule has 2 bridgehead atoms. The lowest BCUT2D eigenvalue weighted by Crippen LogP contribution is -2.36. The van der Waals surface area contributed by atoms with E-state index in [9.17, 15) is 0 Å². The van der Waals surface area contributed by atoms with Gasteiger partial charge in [0.15, 0.2) is 11.5 Å². The third kappa shape index (κ3) is 10.1. The van der Waals surface area contributed by atoms with Gasteiger partial charge in [-0.3, -0.25) is 9.80 Å². The largest absolute Gasteiger partial charge is 0.488 e. The van der Waals surface area contributed by atoms with Gasteiger partial charge in [0.25, 0.3) is 0 Å². The Morgan fingerprint density at radius 1 is 0.529 bits per heavy atom. The molecule has 194 valence electrons. The van der Waals surface area contributed by atoms with Crippen molar-refractivity contribution in [1.29, 1.82) is 0 Å². The molecule has 3 aliphatic heterocycles. The highest BCUT2D eigenvalue weighted by molar-refractivity contribution is 5.44. The van der Waals surface area contributed by atoms with E-state index >= 15 is 0 Å². The number of nitrogens with zero attached hydrogens (tertiary/aromatic N) is 2. The van der Waals surface area contributed by atoms with Crippen molar-refractivity contribution >= 4 is 0 Å². The zero-order chi connectivity index (χ0) is 24.1. The molecule has 0 atom stereocenters. The summed E-state index contributed by atoms with van der Waals surface area (Å²) in [7, 11) is 0. The van der Waals surface area contributed by atoms with E-state index in [2.05, 4.69) is 42.7 Å². The van der Waals surface area contributed by atoms with Gasteiger partial charge < -0.3 is 28.4 Å². The molecule has 0 N–H and O–H groups in total. The molecule has 0 radical (unpaired) electrons. The highest BCUT2D eigenvalue weighted by atomic mass is 16.5. The Hall–Kier alpha value is -1.42. The number of rotatable bonds is 0. The van der Waals surface area contributed by atoms with Crippen molar-refractivity contribution in [2.45, 2.75) is 26.2 Å². The van der Waals surface area contributed by atoms with Crippen LogP contribution in [0.3, 0.4) is 0 Å². The summed E-state index contributed by atoms with van der Waals surface area (Å²) in [6.07, 6.45) is 0. The van der Waals surface area contributed by atoms with Gasteiger partial charge in [-0.15, -0.1) is 0 Å².